The quantitative estimate of drug-likeness (QED) is 0.685. The molecule has 1 aliphatic carbocycles. The highest BCUT2D eigenvalue weighted by molar-refractivity contribution is 7.91. The Morgan fingerprint density at radius 3 is 2.48 bits per heavy atom. The molecular weight excluding hydrogens is 401 g/mol. The van der Waals surface area contributed by atoms with Crippen LogP contribution in [0, 0.1) is 0 Å². The molecule has 0 unspecified atom stereocenters. The van der Waals surface area contributed by atoms with E-state index in [0.717, 1.165) is 12.2 Å². The van der Waals surface area contributed by atoms with Crippen molar-refractivity contribution in [2.75, 3.05) is 5.75 Å². The first-order valence-electron chi connectivity index (χ1n) is 9.38. The molecule has 1 heterocycles. The number of hydrogen-bond acceptors (Lipinski definition) is 3. The highest BCUT2D eigenvalue weighted by atomic mass is 32.2. The van der Waals surface area contributed by atoms with Gasteiger partial charge in [-0.1, -0.05) is 30.7 Å². The van der Waals surface area contributed by atoms with E-state index in [2.05, 4.69) is 4.98 Å². The minimum absolute atomic E-state index is 0.00457. The number of rotatable bonds is 4. The van der Waals surface area contributed by atoms with Crippen LogP contribution in [0.15, 0.2) is 46.4 Å². The molecule has 0 aliphatic heterocycles. The fraction of sp³-hybridized carbons (Fsp3) is 0.381. The summed E-state index contributed by atoms with van der Waals surface area (Å²) in [6.07, 6.45) is -0.838. The van der Waals surface area contributed by atoms with Gasteiger partial charge in [0.25, 0.3) is 0 Å². The fourth-order valence-corrected chi connectivity index (χ4v) is 5.05. The molecule has 0 radical (unpaired) electrons. The Morgan fingerprint density at radius 1 is 1.14 bits per heavy atom. The molecule has 4 nitrogen and oxygen atoms in total. The van der Waals surface area contributed by atoms with Crippen LogP contribution in [0.4, 0.5) is 13.2 Å². The summed E-state index contributed by atoms with van der Waals surface area (Å²) in [5, 5.41) is 0. The predicted molar refractivity (Wildman–Crippen MR) is 107 cm³/mol. The molecule has 2 aromatic rings. The van der Waals surface area contributed by atoms with E-state index in [4.69, 9.17) is 0 Å². The van der Waals surface area contributed by atoms with E-state index in [1.54, 1.807) is 43.7 Å². The van der Waals surface area contributed by atoms with Gasteiger partial charge in [-0.05, 0) is 44.4 Å². The topological polar surface area (TPSA) is 52.0 Å². The van der Waals surface area contributed by atoms with Crippen LogP contribution in [0.1, 0.15) is 38.1 Å². The Bertz CT molecular complexity index is 1090. The minimum atomic E-state index is -4.49. The number of allylic oxidation sites excluding steroid dienone is 3. The number of sulfone groups is 1. The molecule has 0 amide bonds. The van der Waals surface area contributed by atoms with Crippen molar-refractivity contribution in [1.82, 2.24) is 9.55 Å². The maximum absolute atomic E-state index is 13.4. The Labute approximate surface area is 168 Å². The lowest BCUT2D eigenvalue weighted by atomic mass is 10.0. The molecular formula is C21H23F3N2O2S. The van der Waals surface area contributed by atoms with E-state index >= 15 is 0 Å². The van der Waals surface area contributed by atoms with Crippen LogP contribution in [0.25, 0.3) is 17.5 Å². The highest BCUT2D eigenvalue weighted by Crippen LogP contribution is 2.35. The van der Waals surface area contributed by atoms with Gasteiger partial charge in [-0.2, -0.15) is 13.2 Å². The van der Waals surface area contributed by atoms with Gasteiger partial charge >= 0.3 is 6.18 Å². The van der Waals surface area contributed by atoms with Crippen molar-refractivity contribution in [3.63, 3.8) is 0 Å². The summed E-state index contributed by atoms with van der Waals surface area (Å²) in [6, 6.07) is 6.51. The van der Waals surface area contributed by atoms with Gasteiger partial charge in [0.2, 0.25) is 0 Å². The average molecular weight is 424 g/mol. The third-order valence-electron chi connectivity index (χ3n) is 4.96. The summed E-state index contributed by atoms with van der Waals surface area (Å²) >= 11 is 0. The van der Waals surface area contributed by atoms with Crippen LogP contribution >= 0.6 is 0 Å². The molecule has 0 fully saturated rings. The van der Waals surface area contributed by atoms with Gasteiger partial charge in [0.05, 0.1) is 21.9 Å². The fourth-order valence-electron chi connectivity index (χ4n) is 3.51. The number of nitrogens with zero attached hydrogens (tertiary/aromatic N) is 2. The monoisotopic (exact) mass is 424 g/mol. The maximum atomic E-state index is 13.4. The SMILES string of the molecule is CCCS(=O)(=O)c1ccccc1-c1nc2c(n1C)CCC(C)=CC(C(F)(F)F)=C2. The Hall–Kier alpha value is -2.35. The second-order valence-electron chi connectivity index (χ2n) is 7.23. The number of alkyl halides is 3. The van der Waals surface area contributed by atoms with E-state index in [0.29, 0.717) is 41.9 Å². The van der Waals surface area contributed by atoms with E-state index < -0.39 is 21.6 Å². The molecule has 0 N–H and O–H groups in total. The van der Waals surface area contributed by atoms with E-state index in [1.165, 1.54) is 6.07 Å². The summed E-state index contributed by atoms with van der Waals surface area (Å²) in [6.45, 7) is 3.46. The number of benzene rings is 1. The van der Waals surface area contributed by atoms with Gasteiger partial charge in [-0.3, -0.25) is 0 Å². The Balaban J connectivity index is 2.21. The van der Waals surface area contributed by atoms with Crippen molar-refractivity contribution >= 4 is 15.9 Å². The Kier molecular flexibility index (Phi) is 5.76. The molecule has 156 valence electrons. The van der Waals surface area contributed by atoms with Crippen molar-refractivity contribution in [3.05, 3.63) is 52.9 Å². The zero-order valence-electron chi connectivity index (χ0n) is 16.5. The van der Waals surface area contributed by atoms with E-state index in [-0.39, 0.29) is 16.3 Å². The molecule has 0 saturated carbocycles. The molecule has 0 spiro atoms. The first-order chi connectivity index (χ1) is 13.5. The first-order valence-corrected chi connectivity index (χ1v) is 11.0. The van der Waals surface area contributed by atoms with Crippen LogP contribution in [0.2, 0.25) is 0 Å². The Morgan fingerprint density at radius 2 is 1.83 bits per heavy atom. The third kappa shape index (κ3) is 4.32. The molecule has 1 aliphatic rings. The second kappa shape index (κ2) is 7.82. The molecule has 3 rings (SSSR count). The molecule has 1 aromatic heterocycles. The van der Waals surface area contributed by atoms with E-state index in [9.17, 15) is 21.6 Å². The van der Waals surface area contributed by atoms with Gasteiger partial charge in [-0.25, -0.2) is 13.4 Å². The van der Waals surface area contributed by atoms with Crippen molar-refractivity contribution in [3.8, 4) is 11.4 Å². The van der Waals surface area contributed by atoms with Crippen molar-refractivity contribution in [1.29, 1.82) is 0 Å². The van der Waals surface area contributed by atoms with Crippen molar-refractivity contribution in [2.45, 2.75) is 44.2 Å². The summed E-state index contributed by atoms with van der Waals surface area (Å²) in [4.78, 5) is 4.59. The van der Waals surface area contributed by atoms with Gasteiger partial charge in [-0.15, -0.1) is 0 Å². The van der Waals surface area contributed by atoms with Crippen molar-refractivity contribution < 1.29 is 21.6 Å². The van der Waals surface area contributed by atoms with Gasteiger partial charge in [0.1, 0.15) is 5.82 Å². The van der Waals surface area contributed by atoms with Crippen molar-refractivity contribution in [2.24, 2.45) is 7.05 Å². The van der Waals surface area contributed by atoms with Crippen LogP contribution in [-0.4, -0.2) is 29.9 Å². The molecule has 29 heavy (non-hydrogen) atoms. The summed E-state index contributed by atoms with van der Waals surface area (Å²) in [5.74, 6) is 0.345. The van der Waals surface area contributed by atoms with Gasteiger partial charge in [0.15, 0.2) is 9.84 Å². The zero-order valence-corrected chi connectivity index (χ0v) is 17.4. The summed E-state index contributed by atoms with van der Waals surface area (Å²) in [5.41, 5.74) is 1.15. The maximum Gasteiger partial charge on any atom is 0.416 e. The summed E-state index contributed by atoms with van der Waals surface area (Å²) in [7, 11) is -1.81. The highest BCUT2D eigenvalue weighted by Gasteiger charge is 2.33. The molecule has 0 bridgehead atoms. The van der Waals surface area contributed by atoms with Crippen LogP contribution in [-0.2, 0) is 23.3 Å². The van der Waals surface area contributed by atoms with Gasteiger partial charge in [0, 0.05) is 18.3 Å². The predicted octanol–water partition coefficient (Wildman–Crippen LogP) is 5.11. The lowest BCUT2D eigenvalue weighted by Gasteiger charge is -2.14. The average Bonchev–Trinajstić information content (AvgIpc) is 2.91. The standard InChI is InChI=1S/C21H23F3N2O2S/c1-4-11-29(27,28)19-8-6-5-7-16(19)20-25-17-13-15(21(22,23)24)12-14(2)9-10-18(17)26(20)3/h5-8,12-13H,4,9-11H2,1-3H3. The number of imidazole rings is 1. The molecule has 0 atom stereocenters. The minimum Gasteiger partial charge on any atom is -0.330 e. The van der Waals surface area contributed by atoms with E-state index in [1.807, 2.05) is 0 Å². The summed E-state index contributed by atoms with van der Waals surface area (Å²) < 4.78 is 67.4. The zero-order chi connectivity index (χ0) is 21.4. The lowest BCUT2D eigenvalue weighted by molar-refractivity contribution is -0.0874. The number of halogens is 3. The number of fused-ring (bicyclic) bond motifs is 1. The molecule has 0 saturated heterocycles. The van der Waals surface area contributed by atoms with Crippen LogP contribution in [0.3, 0.4) is 0 Å². The first kappa shape index (κ1) is 21.4. The smallest absolute Gasteiger partial charge is 0.330 e. The van der Waals surface area contributed by atoms with Gasteiger partial charge < -0.3 is 4.57 Å². The van der Waals surface area contributed by atoms with Crippen LogP contribution in [0.5, 0.6) is 0 Å². The lowest BCUT2D eigenvalue weighted by Crippen LogP contribution is -2.12. The number of aromatic nitrogens is 2. The largest absolute Gasteiger partial charge is 0.416 e. The molecule has 1 aromatic carbocycles. The normalized spacial score (nSPS) is 15.2. The van der Waals surface area contributed by atoms with Crippen LogP contribution < -0.4 is 0 Å². The second-order valence-corrected chi connectivity index (χ2v) is 9.31. The third-order valence-corrected chi connectivity index (χ3v) is 6.93. The number of hydrogen-bond donors (Lipinski definition) is 0. The molecule has 8 heteroatoms.